The van der Waals surface area contributed by atoms with Crippen molar-refractivity contribution in [2.24, 2.45) is 0 Å². The van der Waals surface area contributed by atoms with Gasteiger partial charge in [-0.05, 0) is 44.0 Å². The van der Waals surface area contributed by atoms with E-state index in [9.17, 15) is 13.2 Å². The monoisotopic (exact) mass is 350 g/mol. The van der Waals surface area contributed by atoms with Crippen molar-refractivity contribution in [1.82, 2.24) is 14.5 Å². The van der Waals surface area contributed by atoms with Crippen LogP contribution in [0.15, 0.2) is 40.0 Å². The van der Waals surface area contributed by atoms with Crippen LogP contribution in [0.1, 0.15) is 36.5 Å². The Morgan fingerprint density at radius 1 is 1.29 bits per heavy atom. The van der Waals surface area contributed by atoms with Gasteiger partial charge in [-0.1, -0.05) is 11.5 Å². The summed E-state index contributed by atoms with van der Waals surface area (Å²) >= 11 is 0. The Morgan fingerprint density at radius 2 is 2.04 bits per heavy atom. The van der Waals surface area contributed by atoms with E-state index in [4.69, 9.17) is 4.42 Å². The van der Waals surface area contributed by atoms with Crippen LogP contribution in [-0.2, 0) is 10.0 Å². The summed E-state index contributed by atoms with van der Waals surface area (Å²) in [6.45, 7) is 2.45. The van der Waals surface area contributed by atoms with Crippen molar-refractivity contribution >= 4 is 21.9 Å². The molecule has 1 aromatic heterocycles. The second-order valence-corrected chi connectivity index (χ2v) is 7.57. The molecule has 128 valence electrons. The minimum Gasteiger partial charge on any atom is -0.411 e. The van der Waals surface area contributed by atoms with E-state index in [0.29, 0.717) is 12.1 Å². The molecule has 1 aliphatic rings. The van der Waals surface area contributed by atoms with Crippen molar-refractivity contribution < 1.29 is 17.6 Å². The number of hydrogen-bond acceptors (Lipinski definition) is 6. The first-order chi connectivity index (χ1) is 11.5. The lowest BCUT2D eigenvalue weighted by atomic mass is 10.1. The van der Waals surface area contributed by atoms with Gasteiger partial charge < -0.3 is 4.42 Å². The highest BCUT2D eigenvalue weighted by Crippen LogP contribution is 2.25. The summed E-state index contributed by atoms with van der Waals surface area (Å²) in [5.41, 5.74) is 0.304. The Kier molecular flexibility index (Phi) is 4.63. The van der Waals surface area contributed by atoms with E-state index in [1.165, 1.54) is 28.6 Å². The summed E-state index contributed by atoms with van der Waals surface area (Å²) in [5, 5.41) is 9.44. The highest BCUT2D eigenvalue weighted by molar-refractivity contribution is 7.89. The molecule has 1 unspecified atom stereocenters. The molecule has 0 radical (unpaired) electrons. The summed E-state index contributed by atoms with van der Waals surface area (Å²) < 4.78 is 31.8. The molecular weight excluding hydrogens is 332 g/mol. The van der Waals surface area contributed by atoms with Crippen LogP contribution in [0.2, 0.25) is 0 Å². The molecule has 0 bridgehead atoms. The van der Waals surface area contributed by atoms with Gasteiger partial charge in [-0.3, -0.25) is 10.1 Å². The Bertz CT molecular complexity index is 803. The SMILES string of the molecule is CC1CCCCN1S(=O)(=O)c1ccc(C(=O)Nc2nnco2)cc1. The summed E-state index contributed by atoms with van der Waals surface area (Å²) in [7, 11) is -3.54. The Hall–Kier alpha value is -2.26. The van der Waals surface area contributed by atoms with Gasteiger partial charge in [0, 0.05) is 18.2 Å². The Morgan fingerprint density at radius 3 is 2.67 bits per heavy atom. The smallest absolute Gasteiger partial charge is 0.322 e. The maximum absolute atomic E-state index is 12.7. The maximum atomic E-state index is 12.7. The molecule has 2 aromatic rings. The number of nitrogens with zero attached hydrogens (tertiary/aromatic N) is 3. The van der Waals surface area contributed by atoms with Gasteiger partial charge >= 0.3 is 6.01 Å². The van der Waals surface area contributed by atoms with Crippen molar-refractivity contribution in [2.45, 2.75) is 37.1 Å². The van der Waals surface area contributed by atoms with E-state index in [1.54, 1.807) is 0 Å². The van der Waals surface area contributed by atoms with Crippen LogP contribution in [0.3, 0.4) is 0 Å². The second-order valence-electron chi connectivity index (χ2n) is 5.68. The first-order valence-electron chi connectivity index (χ1n) is 7.68. The molecule has 2 heterocycles. The average molecular weight is 350 g/mol. The number of benzene rings is 1. The molecule has 1 aliphatic heterocycles. The van der Waals surface area contributed by atoms with Crippen LogP contribution in [0, 0.1) is 0 Å². The molecule has 1 fully saturated rings. The zero-order valence-corrected chi connectivity index (χ0v) is 14.0. The van der Waals surface area contributed by atoms with Crippen molar-refractivity contribution in [3.63, 3.8) is 0 Å². The standard InChI is InChI=1S/C15H18N4O4S/c1-11-4-2-3-9-19(11)24(21,22)13-7-5-12(6-8-13)14(20)17-15-18-16-10-23-15/h5-8,10-11H,2-4,9H2,1H3,(H,17,18,20). The van der Waals surface area contributed by atoms with E-state index in [0.717, 1.165) is 25.7 Å². The number of rotatable bonds is 4. The quantitative estimate of drug-likeness (QED) is 0.902. The molecule has 8 nitrogen and oxygen atoms in total. The number of aromatic nitrogens is 2. The number of amides is 1. The van der Waals surface area contributed by atoms with E-state index < -0.39 is 15.9 Å². The lowest BCUT2D eigenvalue weighted by Gasteiger charge is -2.32. The summed E-state index contributed by atoms with van der Waals surface area (Å²) in [4.78, 5) is 12.2. The molecule has 1 aromatic carbocycles. The minimum absolute atomic E-state index is 0.00995. The molecule has 3 rings (SSSR count). The van der Waals surface area contributed by atoms with Gasteiger partial charge in [0.15, 0.2) is 0 Å². The minimum atomic E-state index is -3.54. The van der Waals surface area contributed by atoms with Crippen LogP contribution in [0.5, 0.6) is 0 Å². The van der Waals surface area contributed by atoms with E-state index >= 15 is 0 Å². The molecular formula is C15H18N4O4S. The fourth-order valence-corrected chi connectivity index (χ4v) is 4.44. The predicted octanol–water partition coefficient (Wildman–Crippen LogP) is 1.89. The molecule has 1 atom stereocenters. The molecule has 24 heavy (non-hydrogen) atoms. The number of sulfonamides is 1. The topological polar surface area (TPSA) is 105 Å². The van der Waals surface area contributed by atoms with Crippen molar-refractivity contribution in [3.05, 3.63) is 36.2 Å². The van der Waals surface area contributed by atoms with Crippen molar-refractivity contribution in [2.75, 3.05) is 11.9 Å². The third-order valence-electron chi connectivity index (χ3n) is 4.05. The maximum Gasteiger partial charge on any atom is 0.322 e. The van der Waals surface area contributed by atoms with Crippen LogP contribution in [0.25, 0.3) is 0 Å². The first-order valence-corrected chi connectivity index (χ1v) is 9.12. The largest absolute Gasteiger partial charge is 0.411 e. The van der Waals surface area contributed by atoms with Crippen molar-refractivity contribution in [3.8, 4) is 0 Å². The first kappa shape index (κ1) is 16.6. The number of carbonyl (C=O) groups is 1. The number of nitrogens with one attached hydrogen (secondary N) is 1. The predicted molar refractivity (Wildman–Crippen MR) is 85.9 cm³/mol. The second kappa shape index (κ2) is 6.70. The zero-order valence-electron chi connectivity index (χ0n) is 13.2. The van der Waals surface area contributed by atoms with Gasteiger partial charge in [0.25, 0.3) is 5.91 Å². The highest BCUT2D eigenvalue weighted by atomic mass is 32.2. The third-order valence-corrected chi connectivity index (χ3v) is 6.07. The van der Waals surface area contributed by atoms with Gasteiger partial charge in [0.1, 0.15) is 0 Å². The molecule has 1 saturated heterocycles. The lowest BCUT2D eigenvalue weighted by molar-refractivity contribution is 0.102. The summed E-state index contributed by atoms with van der Waals surface area (Å²) in [6.07, 6.45) is 3.88. The van der Waals surface area contributed by atoms with Gasteiger partial charge in [0.05, 0.1) is 4.90 Å². The Labute approximate surface area is 139 Å². The number of hydrogen-bond donors (Lipinski definition) is 1. The highest BCUT2D eigenvalue weighted by Gasteiger charge is 2.30. The molecule has 0 saturated carbocycles. The van der Waals surface area contributed by atoms with Gasteiger partial charge in [-0.15, -0.1) is 5.10 Å². The van der Waals surface area contributed by atoms with Crippen LogP contribution < -0.4 is 5.32 Å². The van der Waals surface area contributed by atoms with Crippen LogP contribution >= 0.6 is 0 Å². The van der Waals surface area contributed by atoms with E-state index in [-0.39, 0.29) is 17.0 Å². The van der Waals surface area contributed by atoms with Crippen LogP contribution in [0.4, 0.5) is 6.01 Å². The molecule has 9 heteroatoms. The zero-order chi connectivity index (χ0) is 17.2. The molecule has 1 amide bonds. The van der Waals surface area contributed by atoms with E-state index in [1.807, 2.05) is 6.92 Å². The third kappa shape index (κ3) is 3.31. The van der Waals surface area contributed by atoms with E-state index in [2.05, 4.69) is 15.5 Å². The normalized spacial score (nSPS) is 19.1. The number of carbonyl (C=O) groups excluding carboxylic acids is 1. The summed E-state index contributed by atoms with van der Waals surface area (Å²) in [5.74, 6) is -0.450. The molecule has 0 spiro atoms. The van der Waals surface area contributed by atoms with Crippen LogP contribution in [-0.4, -0.2) is 41.4 Å². The number of piperidine rings is 1. The van der Waals surface area contributed by atoms with Crippen molar-refractivity contribution in [1.29, 1.82) is 0 Å². The molecule has 0 aliphatic carbocycles. The summed E-state index contributed by atoms with van der Waals surface area (Å²) in [6, 6.07) is 5.79. The average Bonchev–Trinajstić information content (AvgIpc) is 3.08. The lowest BCUT2D eigenvalue weighted by Crippen LogP contribution is -2.41. The Balaban J connectivity index is 1.77. The fourth-order valence-electron chi connectivity index (χ4n) is 2.74. The fraction of sp³-hybridized carbons (Fsp3) is 0.400. The molecule has 1 N–H and O–H groups in total. The van der Waals surface area contributed by atoms with Gasteiger partial charge in [-0.25, -0.2) is 8.42 Å². The van der Waals surface area contributed by atoms with Gasteiger partial charge in [-0.2, -0.15) is 4.31 Å². The van der Waals surface area contributed by atoms with Gasteiger partial charge in [0.2, 0.25) is 16.4 Å². The number of anilines is 1.